The van der Waals surface area contributed by atoms with Gasteiger partial charge in [-0.05, 0) is 18.8 Å². The quantitative estimate of drug-likeness (QED) is 0.800. The summed E-state index contributed by atoms with van der Waals surface area (Å²) in [6, 6.07) is 0.559. The van der Waals surface area contributed by atoms with E-state index in [-0.39, 0.29) is 0 Å². The van der Waals surface area contributed by atoms with Gasteiger partial charge in [-0.1, -0.05) is 34.1 Å². The third-order valence-corrected chi connectivity index (χ3v) is 4.00. The third kappa shape index (κ3) is 5.17. The number of hydrogen-bond donors (Lipinski definition) is 1. The second-order valence-electron chi connectivity index (χ2n) is 5.66. The molecule has 0 amide bonds. The first-order valence-corrected chi connectivity index (χ1v) is 7.47. The second kappa shape index (κ2) is 6.50. The zero-order chi connectivity index (χ0) is 12.9. The largest absolute Gasteiger partial charge is 0.314 e. The molecule has 3 heteroatoms. The molecule has 0 aliphatic heterocycles. The van der Waals surface area contributed by atoms with Crippen molar-refractivity contribution in [3.8, 4) is 0 Å². The lowest BCUT2D eigenvalue weighted by atomic mass is 9.82. The summed E-state index contributed by atoms with van der Waals surface area (Å²) in [5.74, 6) is 0. The summed E-state index contributed by atoms with van der Waals surface area (Å²) in [5.41, 5.74) is 1.49. The molecule has 0 spiro atoms. The molecular formula is C14H26N2S. The first-order chi connectivity index (χ1) is 7.95. The number of aryl methyl sites for hydroxylation is 1. The molecule has 1 rings (SSSR count). The van der Waals surface area contributed by atoms with Gasteiger partial charge in [-0.25, -0.2) is 4.98 Å². The Kier molecular flexibility index (Phi) is 5.60. The number of hydrogen-bond acceptors (Lipinski definition) is 3. The van der Waals surface area contributed by atoms with Crippen LogP contribution in [0.2, 0.25) is 0 Å². The van der Waals surface area contributed by atoms with Crippen molar-refractivity contribution in [1.29, 1.82) is 0 Å². The van der Waals surface area contributed by atoms with Gasteiger partial charge in [-0.15, -0.1) is 11.3 Å². The van der Waals surface area contributed by atoms with E-state index in [1.165, 1.54) is 17.8 Å². The average molecular weight is 254 g/mol. The summed E-state index contributed by atoms with van der Waals surface area (Å²) in [5, 5.41) is 7.01. The van der Waals surface area contributed by atoms with E-state index in [4.69, 9.17) is 0 Å². The van der Waals surface area contributed by atoms with Crippen molar-refractivity contribution in [2.45, 2.75) is 59.9 Å². The minimum Gasteiger partial charge on any atom is -0.314 e. The predicted octanol–water partition coefficient (Wildman–Crippen LogP) is 3.80. The lowest BCUT2D eigenvalue weighted by molar-refractivity contribution is 0.266. The van der Waals surface area contributed by atoms with Gasteiger partial charge in [0.25, 0.3) is 0 Å². The van der Waals surface area contributed by atoms with Crippen LogP contribution in [0.15, 0.2) is 5.38 Å². The normalized spacial score (nSPS) is 15.2. The smallest absolute Gasteiger partial charge is 0.0934 e. The molecular weight excluding hydrogens is 228 g/mol. The van der Waals surface area contributed by atoms with Crippen LogP contribution in [0.5, 0.6) is 0 Å². The van der Waals surface area contributed by atoms with E-state index in [1.807, 2.05) is 0 Å². The number of nitrogens with zero attached hydrogens (tertiary/aromatic N) is 1. The van der Waals surface area contributed by atoms with Crippen LogP contribution in [0.4, 0.5) is 0 Å². The van der Waals surface area contributed by atoms with Gasteiger partial charge in [0, 0.05) is 30.1 Å². The van der Waals surface area contributed by atoms with E-state index in [9.17, 15) is 0 Å². The second-order valence-corrected chi connectivity index (χ2v) is 6.60. The third-order valence-electron chi connectivity index (χ3n) is 3.04. The molecule has 0 aromatic carbocycles. The molecule has 98 valence electrons. The summed E-state index contributed by atoms with van der Waals surface area (Å²) in [7, 11) is 0. The summed E-state index contributed by atoms with van der Waals surface area (Å²) in [6.45, 7) is 12.2. The van der Waals surface area contributed by atoms with Crippen LogP contribution in [0, 0.1) is 12.3 Å². The SMILES string of the molecule is CCCC(C)(CNC(C)C)Cc1nc(C)cs1. The Hall–Kier alpha value is -0.410. The van der Waals surface area contributed by atoms with Crippen LogP contribution in [-0.2, 0) is 6.42 Å². The van der Waals surface area contributed by atoms with E-state index in [0.717, 1.165) is 18.7 Å². The Morgan fingerprint density at radius 2 is 2.18 bits per heavy atom. The fourth-order valence-electron chi connectivity index (χ4n) is 2.14. The van der Waals surface area contributed by atoms with E-state index in [2.05, 4.69) is 50.3 Å². The zero-order valence-corrected chi connectivity index (χ0v) is 12.7. The van der Waals surface area contributed by atoms with E-state index >= 15 is 0 Å². The molecule has 1 unspecified atom stereocenters. The standard InChI is InChI=1S/C14H26N2S/c1-6-7-14(5,10-15-11(2)3)8-13-16-12(4)9-17-13/h9,11,15H,6-8,10H2,1-5H3. The van der Waals surface area contributed by atoms with Crippen LogP contribution >= 0.6 is 11.3 Å². The van der Waals surface area contributed by atoms with Crippen LogP contribution in [-0.4, -0.2) is 17.6 Å². The van der Waals surface area contributed by atoms with Crippen LogP contribution in [0.25, 0.3) is 0 Å². The molecule has 0 aliphatic rings. The summed E-state index contributed by atoms with van der Waals surface area (Å²) in [6.07, 6.45) is 3.59. The van der Waals surface area contributed by atoms with E-state index in [1.54, 1.807) is 11.3 Å². The summed E-state index contributed by atoms with van der Waals surface area (Å²) in [4.78, 5) is 4.60. The van der Waals surface area contributed by atoms with Gasteiger partial charge in [-0.2, -0.15) is 0 Å². The molecule has 1 N–H and O–H groups in total. The van der Waals surface area contributed by atoms with Crippen molar-refractivity contribution in [3.63, 3.8) is 0 Å². The summed E-state index contributed by atoms with van der Waals surface area (Å²) < 4.78 is 0. The van der Waals surface area contributed by atoms with Crippen molar-refractivity contribution >= 4 is 11.3 Å². The van der Waals surface area contributed by atoms with Gasteiger partial charge in [-0.3, -0.25) is 0 Å². The number of aromatic nitrogens is 1. The van der Waals surface area contributed by atoms with Gasteiger partial charge in [0.1, 0.15) is 0 Å². The molecule has 0 fully saturated rings. The highest BCUT2D eigenvalue weighted by atomic mass is 32.1. The lowest BCUT2D eigenvalue weighted by Gasteiger charge is -2.30. The maximum atomic E-state index is 4.60. The molecule has 17 heavy (non-hydrogen) atoms. The molecule has 1 atom stereocenters. The fraction of sp³-hybridized carbons (Fsp3) is 0.786. The van der Waals surface area contributed by atoms with Crippen molar-refractivity contribution in [2.75, 3.05) is 6.54 Å². The first-order valence-electron chi connectivity index (χ1n) is 6.59. The van der Waals surface area contributed by atoms with Crippen LogP contribution in [0.1, 0.15) is 51.2 Å². The first kappa shape index (κ1) is 14.7. The Bertz CT molecular complexity index is 333. The van der Waals surface area contributed by atoms with Crippen molar-refractivity contribution in [1.82, 2.24) is 10.3 Å². The minimum atomic E-state index is 0.337. The monoisotopic (exact) mass is 254 g/mol. The molecule has 1 heterocycles. The van der Waals surface area contributed by atoms with Crippen molar-refractivity contribution in [2.24, 2.45) is 5.41 Å². The Morgan fingerprint density at radius 1 is 1.47 bits per heavy atom. The molecule has 0 radical (unpaired) electrons. The van der Waals surface area contributed by atoms with Gasteiger partial charge < -0.3 is 5.32 Å². The molecule has 0 saturated heterocycles. The molecule has 1 aromatic rings. The summed E-state index contributed by atoms with van der Waals surface area (Å²) >= 11 is 1.80. The number of thiazole rings is 1. The van der Waals surface area contributed by atoms with Crippen LogP contribution < -0.4 is 5.32 Å². The van der Waals surface area contributed by atoms with Crippen molar-refractivity contribution < 1.29 is 0 Å². The maximum Gasteiger partial charge on any atom is 0.0934 e. The minimum absolute atomic E-state index is 0.337. The molecule has 0 bridgehead atoms. The van der Waals surface area contributed by atoms with Gasteiger partial charge in [0.05, 0.1) is 5.01 Å². The molecule has 0 saturated carbocycles. The van der Waals surface area contributed by atoms with Crippen LogP contribution in [0.3, 0.4) is 0 Å². The highest BCUT2D eigenvalue weighted by molar-refractivity contribution is 7.09. The number of nitrogens with one attached hydrogen (secondary N) is 1. The number of rotatable bonds is 7. The van der Waals surface area contributed by atoms with Crippen molar-refractivity contribution in [3.05, 3.63) is 16.1 Å². The molecule has 1 aromatic heterocycles. The maximum absolute atomic E-state index is 4.60. The van der Waals surface area contributed by atoms with Gasteiger partial charge in [0.15, 0.2) is 0 Å². The van der Waals surface area contributed by atoms with Gasteiger partial charge >= 0.3 is 0 Å². The average Bonchev–Trinajstić information content (AvgIpc) is 2.61. The Morgan fingerprint density at radius 3 is 2.65 bits per heavy atom. The Labute approximate surface area is 110 Å². The molecule has 0 aliphatic carbocycles. The van der Waals surface area contributed by atoms with E-state index < -0.39 is 0 Å². The van der Waals surface area contributed by atoms with E-state index in [0.29, 0.717) is 11.5 Å². The molecule has 2 nitrogen and oxygen atoms in total. The highest BCUT2D eigenvalue weighted by Gasteiger charge is 2.25. The lowest BCUT2D eigenvalue weighted by Crippen LogP contribution is -2.37. The Balaban J connectivity index is 2.63. The topological polar surface area (TPSA) is 24.9 Å². The fourth-order valence-corrected chi connectivity index (χ4v) is 3.13. The van der Waals surface area contributed by atoms with Gasteiger partial charge in [0.2, 0.25) is 0 Å². The highest BCUT2D eigenvalue weighted by Crippen LogP contribution is 2.29. The zero-order valence-electron chi connectivity index (χ0n) is 11.8. The predicted molar refractivity (Wildman–Crippen MR) is 76.7 cm³/mol.